The summed E-state index contributed by atoms with van der Waals surface area (Å²) in [7, 11) is 0. The van der Waals surface area contributed by atoms with Crippen LogP contribution in [0, 0.1) is 23.1 Å². The summed E-state index contributed by atoms with van der Waals surface area (Å²) in [6, 6.07) is 1.30. The third-order valence-corrected chi connectivity index (χ3v) is 1.74. The van der Waals surface area contributed by atoms with Crippen molar-refractivity contribution in [2.45, 2.75) is 0 Å². The molecule has 0 bridgehead atoms. The van der Waals surface area contributed by atoms with E-state index in [1.165, 1.54) is 6.19 Å². The van der Waals surface area contributed by atoms with Crippen LogP contribution in [-0.2, 0) is 0 Å². The van der Waals surface area contributed by atoms with Crippen molar-refractivity contribution in [2.24, 2.45) is 0 Å². The first-order chi connectivity index (χ1) is 6.56. The van der Waals surface area contributed by atoms with Gasteiger partial charge in [0.25, 0.3) is 5.91 Å². The van der Waals surface area contributed by atoms with Crippen LogP contribution >= 0.6 is 11.6 Å². The molecule has 0 fully saturated rings. The maximum Gasteiger partial charge on any atom is 0.265 e. The van der Waals surface area contributed by atoms with Crippen molar-refractivity contribution in [3.05, 3.63) is 34.4 Å². The first-order valence-corrected chi connectivity index (χ1v) is 3.78. The maximum atomic E-state index is 12.7. The number of amides is 1. The van der Waals surface area contributed by atoms with E-state index in [4.69, 9.17) is 16.9 Å². The molecule has 0 aliphatic carbocycles. The quantitative estimate of drug-likeness (QED) is 0.442. The Morgan fingerprint density at radius 1 is 1.43 bits per heavy atom. The van der Waals surface area contributed by atoms with Gasteiger partial charge in [-0.3, -0.25) is 10.1 Å². The van der Waals surface area contributed by atoms with Crippen molar-refractivity contribution >= 4 is 17.5 Å². The highest BCUT2D eigenvalue weighted by molar-refractivity contribution is 6.33. The molecule has 1 aromatic rings. The number of carbonyl (C=O) groups is 1. The number of carbonyl (C=O) groups excluding carboxylic acids is 1. The van der Waals surface area contributed by atoms with E-state index < -0.39 is 17.5 Å². The Morgan fingerprint density at radius 3 is 2.57 bits per heavy atom. The standard InChI is InChI=1S/C8H3ClF2N2O/c9-5-2-7(11)6(10)1-4(5)8(14)13-3-12/h1-2H,(H,13,14). The predicted molar refractivity (Wildman–Crippen MR) is 44.4 cm³/mol. The van der Waals surface area contributed by atoms with Gasteiger partial charge in [0.1, 0.15) is 0 Å². The van der Waals surface area contributed by atoms with Crippen LogP contribution in [0.15, 0.2) is 12.1 Å². The van der Waals surface area contributed by atoms with Crippen LogP contribution in [-0.4, -0.2) is 5.91 Å². The number of halogens is 3. The van der Waals surface area contributed by atoms with Crippen molar-refractivity contribution in [2.75, 3.05) is 0 Å². The fraction of sp³-hybridized carbons (Fsp3) is 0. The van der Waals surface area contributed by atoms with Crippen LogP contribution in [0.2, 0.25) is 5.02 Å². The van der Waals surface area contributed by atoms with E-state index in [1.807, 2.05) is 0 Å². The van der Waals surface area contributed by atoms with Gasteiger partial charge >= 0.3 is 0 Å². The van der Waals surface area contributed by atoms with Crippen LogP contribution in [0.4, 0.5) is 8.78 Å². The average molecular weight is 217 g/mol. The third kappa shape index (κ3) is 1.98. The monoisotopic (exact) mass is 216 g/mol. The van der Waals surface area contributed by atoms with Gasteiger partial charge in [0.05, 0.1) is 10.6 Å². The van der Waals surface area contributed by atoms with Gasteiger partial charge in [0.2, 0.25) is 0 Å². The lowest BCUT2D eigenvalue weighted by molar-refractivity contribution is 0.0972. The number of hydrogen-bond donors (Lipinski definition) is 1. The zero-order valence-corrected chi connectivity index (χ0v) is 7.40. The van der Waals surface area contributed by atoms with E-state index in [0.717, 1.165) is 0 Å². The average Bonchev–Trinajstić information content (AvgIpc) is 2.11. The number of nitrogens with zero attached hydrogens (tertiary/aromatic N) is 1. The second-order valence-corrected chi connectivity index (χ2v) is 2.72. The second-order valence-electron chi connectivity index (χ2n) is 2.31. The fourth-order valence-corrected chi connectivity index (χ4v) is 1.05. The predicted octanol–water partition coefficient (Wildman–Crippen LogP) is 1.83. The molecule has 1 rings (SSSR count). The van der Waals surface area contributed by atoms with E-state index in [1.54, 1.807) is 5.32 Å². The van der Waals surface area contributed by atoms with Crippen molar-refractivity contribution in [1.82, 2.24) is 5.32 Å². The van der Waals surface area contributed by atoms with Crippen LogP contribution in [0.3, 0.4) is 0 Å². The normalized spacial score (nSPS) is 9.29. The van der Waals surface area contributed by atoms with Crippen molar-refractivity contribution in [3.63, 3.8) is 0 Å². The Kier molecular flexibility index (Phi) is 2.99. The number of nitriles is 1. The summed E-state index contributed by atoms with van der Waals surface area (Å²) in [5.74, 6) is -3.22. The van der Waals surface area contributed by atoms with Gasteiger partial charge in [0.15, 0.2) is 17.8 Å². The van der Waals surface area contributed by atoms with Crippen LogP contribution in [0.1, 0.15) is 10.4 Å². The van der Waals surface area contributed by atoms with E-state index >= 15 is 0 Å². The number of rotatable bonds is 1. The van der Waals surface area contributed by atoms with Crippen molar-refractivity contribution in [1.29, 1.82) is 5.26 Å². The molecule has 0 aromatic heterocycles. The molecule has 14 heavy (non-hydrogen) atoms. The molecular formula is C8H3ClF2N2O. The van der Waals surface area contributed by atoms with Crippen LogP contribution in [0.5, 0.6) is 0 Å². The van der Waals surface area contributed by atoms with E-state index in [2.05, 4.69) is 0 Å². The van der Waals surface area contributed by atoms with Gasteiger partial charge in [-0.2, -0.15) is 5.26 Å². The van der Waals surface area contributed by atoms with Crippen molar-refractivity contribution in [3.8, 4) is 6.19 Å². The Morgan fingerprint density at radius 2 is 2.00 bits per heavy atom. The first-order valence-electron chi connectivity index (χ1n) is 3.40. The summed E-state index contributed by atoms with van der Waals surface area (Å²) in [5.41, 5.74) is -0.285. The minimum absolute atomic E-state index is 0.253. The smallest absolute Gasteiger partial charge is 0.265 e. The molecule has 0 unspecified atom stereocenters. The Bertz CT molecular complexity index is 428. The maximum absolute atomic E-state index is 12.7. The minimum atomic E-state index is -1.20. The second kappa shape index (κ2) is 4.03. The van der Waals surface area contributed by atoms with E-state index in [-0.39, 0.29) is 10.6 Å². The molecule has 0 radical (unpaired) electrons. The van der Waals surface area contributed by atoms with Crippen LogP contribution < -0.4 is 5.32 Å². The Labute approximate surface area is 82.9 Å². The summed E-state index contributed by atoms with van der Waals surface area (Å²) >= 11 is 5.46. The molecule has 0 saturated heterocycles. The lowest BCUT2D eigenvalue weighted by atomic mass is 10.2. The highest BCUT2D eigenvalue weighted by atomic mass is 35.5. The van der Waals surface area contributed by atoms with Gasteiger partial charge in [-0.1, -0.05) is 11.6 Å². The van der Waals surface area contributed by atoms with Gasteiger partial charge in [-0.15, -0.1) is 0 Å². The molecule has 0 atom stereocenters. The SMILES string of the molecule is N#CNC(=O)c1cc(F)c(F)cc1Cl. The topological polar surface area (TPSA) is 52.9 Å². The highest BCUT2D eigenvalue weighted by Gasteiger charge is 2.14. The zero-order valence-electron chi connectivity index (χ0n) is 6.64. The molecule has 0 aliphatic heterocycles. The number of hydrogen-bond acceptors (Lipinski definition) is 2. The lowest BCUT2D eigenvalue weighted by Gasteiger charge is -2.01. The highest BCUT2D eigenvalue weighted by Crippen LogP contribution is 2.19. The summed E-state index contributed by atoms with van der Waals surface area (Å²) in [6.07, 6.45) is 1.35. The van der Waals surface area contributed by atoms with E-state index in [9.17, 15) is 13.6 Å². The molecule has 6 heteroatoms. The third-order valence-electron chi connectivity index (χ3n) is 1.42. The van der Waals surface area contributed by atoms with Gasteiger partial charge in [-0.05, 0) is 12.1 Å². The first kappa shape index (κ1) is 10.4. The Hall–Kier alpha value is -1.67. The van der Waals surface area contributed by atoms with E-state index in [0.29, 0.717) is 12.1 Å². The molecule has 1 amide bonds. The molecule has 72 valence electrons. The molecule has 0 spiro atoms. The summed E-state index contributed by atoms with van der Waals surface area (Å²) in [5, 5.41) is 9.61. The number of nitrogens with one attached hydrogen (secondary N) is 1. The summed E-state index contributed by atoms with van der Waals surface area (Å²) in [4.78, 5) is 11.0. The van der Waals surface area contributed by atoms with Crippen LogP contribution in [0.25, 0.3) is 0 Å². The molecule has 0 saturated carbocycles. The summed E-state index contributed by atoms with van der Waals surface area (Å²) in [6.45, 7) is 0. The van der Waals surface area contributed by atoms with Gasteiger partial charge < -0.3 is 0 Å². The molecule has 1 N–H and O–H groups in total. The zero-order chi connectivity index (χ0) is 10.7. The Balaban J connectivity index is 3.17. The van der Waals surface area contributed by atoms with Gasteiger partial charge in [-0.25, -0.2) is 8.78 Å². The van der Waals surface area contributed by atoms with Gasteiger partial charge in [0, 0.05) is 0 Å². The minimum Gasteiger partial charge on any atom is -0.268 e. The number of benzene rings is 1. The summed E-state index contributed by atoms with van der Waals surface area (Å²) < 4.78 is 25.2. The molecule has 1 aromatic carbocycles. The molecule has 0 aliphatic rings. The fourth-order valence-electron chi connectivity index (χ4n) is 0.815. The van der Waals surface area contributed by atoms with Crippen molar-refractivity contribution < 1.29 is 13.6 Å². The molecular weight excluding hydrogens is 214 g/mol. The largest absolute Gasteiger partial charge is 0.268 e. The molecule has 0 heterocycles. The lowest BCUT2D eigenvalue weighted by Crippen LogP contribution is -2.18. The molecule has 3 nitrogen and oxygen atoms in total.